The quantitative estimate of drug-likeness (QED) is 0.163. The van der Waals surface area contributed by atoms with Crippen molar-refractivity contribution >= 4 is 122 Å². The van der Waals surface area contributed by atoms with Gasteiger partial charge in [0.05, 0.1) is 38.3 Å². The van der Waals surface area contributed by atoms with E-state index < -0.39 is 0 Å². The van der Waals surface area contributed by atoms with Crippen LogP contribution in [0, 0.1) is 17.9 Å². The third kappa shape index (κ3) is 4.83. The molecule has 0 aliphatic carbocycles. The van der Waals surface area contributed by atoms with Gasteiger partial charge < -0.3 is 4.57 Å². The van der Waals surface area contributed by atoms with Gasteiger partial charge in [-0.3, -0.25) is 0 Å². The number of benzene rings is 9. The highest BCUT2D eigenvalue weighted by Gasteiger charge is 2.32. The number of hydrogen-bond donors (Lipinski definition) is 0. The molecule has 62 heavy (non-hydrogen) atoms. The van der Waals surface area contributed by atoms with Gasteiger partial charge in [0.2, 0.25) is 5.69 Å². The molecule has 3 nitrogen and oxygen atoms in total. The molecule has 13 rings (SSSR count). The molecule has 0 saturated carbocycles. The Morgan fingerprint density at radius 2 is 0.919 bits per heavy atom. The van der Waals surface area contributed by atoms with Crippen LogP contribution in [0.3, 0.4) is 0 Å². The van der Waals surface area contributed by atoms with Crippen LogP contribution in [0.5, 0.6) is 0 Å². The van der Waals surface area contributed by atoms with Gasteiger partial charge in [-0.1, -0.05) is 152 Å². The van der Waals surface area contributed by atoms with Crippen LogP contribution in [-0.4, -0.2) is 4.57 Å². The van der Waals surface area contributed by atoms with Gasteiger partial charge in [0, 0.05) is 67.5 Å². The van der Waals surface area contributed by atoms with Crippen molar-refractivity contribution < 1.29 is 0 Å². The lowest BCUT2D eigenvalue weighted by Crippen LogP contribution is -2.05. The molecule has 0 saturated heterocycles. The predicted octanol–water partition coefficient (Wildman–Crippen LogP) is 17.3. The molecule has 6 heteroatoms. The summed E-state index contributed by atoms with van der Waals surface area (Å²) in [6.45, 7) is 9.34. The van der Waals surface area contributed by atoms with Crippen molar-refractivity contribution in [3.05, 3.63) is 193 Å². The molecule has 4 heterocycles. The van der Waals surface area contributed by atoms with E-state index in [0.29, 0.717) is 11.3 Å². The molecule has 0 aliphatic rings. The molecule has 286 valence electrons. The van der Waals surface area contributed by atoms with Crippen molar-refractivity contribution in [3.8, 4) is 45.1 Å². The van der Waals surface area contributed by atoms with Gasteiger partial charge in [0.25, 0.3) is 0 Å². The number of rotatable bonds is 4. The first-order chi connectivity index (χ1) is 30.7. The molecule has 0 atom stereocenters. The summed E-state index contributed by atoms with van der Waals surface area (Å²) in [4.78, 5) is 4.62. The van der Waals surface area contributed by atoms with Gasteiger partial charge in [-0.2, -0.15) is 5.26 Å². The molecule has 0 amide bonds. The Hall–Kier alpha value is -7.58. The van der Waals surface area contributed by atoms with Crippen LogP contribution in [0.15, 0.2) is 176 Å². The lowest BCUT2D eigenvalue weighted by molar-refractivity contribution is 1.19. The Morgan fingerprint density at radius 1 is 0.435 bits per heavy atom. The first-order valence-corrected chi connectivity index (χ1v) is 22.9. The van der Waals surface area contributed by atoms with Crippen LogP contribution in [-0.2, 0) is 0 Å². The van der Waals surface area contributed by atoms with E-state index in [-0.39, 0.29) is 0 Å². The van der Waals surface area contributed by atoms with E-state index in [0.717, 1.165) is 85.7 Å². The SMILES string of the molecule is [C-]#[N+]c1c(-c2cccc3sc4ccccc4c23)c(-c2ccccc2)c(C#N)c(-n2c3c(ccc4c5ccccc5sc43)c3ccc4c5ccccc5sc4c32)c1-c1ccccc1. The monoisotopic (exact) mass is 839 g/mol. The minimum Gasteiger partial charge on any atom is -0.306 e. The lowest BCUT2D eigenvalue weighted by atomic mass is 9.82. The second-order valence-electron chi connectivity index (χ2n) is 15.6. The Morgan fingerprint density at radius 3 is 1.48 bits per heavy atom. The maximum absolute atomic E-state index is 12.1. The Bertz CT molecular complexity index is 3990. The highest BCUT2D eigenvalue weighted by molar-refractivity contribution is 7.27. The third-order valence-electron chi connectivity index (χ3n) is 12.5. The largest absolute Gasteiger partial charge is 0.306 e. The second kappa shape index (κ2) is 13.5. The maximum atomic E-state index is 12.1. The van der Waals surface area contributed by atoms with Gasteiger partial charge in [-0.15, -0.1) is 34.0 Å². The summed E-state index contributed by atoms with van der Waals surface area (Å²) in [5.74, 6) is 0. The number of hydrogen-bond acceptors (Lipinski definition) is 4. The van der Waals surface area contributed by atoms with Crippen molar-refractivity contribution in [2.24, 2.45) is 0 Å². The van der Waals surface area contributed by atoms with Crippen molar-refractivity contribution in [3.63, 3.8) is 0 Å². The molecule has 0 N–H and O–H groups in total. The van der Waals surface area contributed by atoms with E-state index in [9.17, 15) is 11.8 Å². The molecule has 0 unspecified atom stereocenters. The number of nitriles is 1. The molecule has 4 aromatic heterocycles. The molecule has 0 radical (unpaired) electrons. The van der Waals surface area contributed by atoms with Crippen molar-refractivity contribution in [1.82, 2.24) is 4.57 Å². The number of nitrogens with zero attached hydrogens (tertiary/aromatic N) is 3. The fraction of sp³-hybridized carbons (Fsp3) is 0. The van der Waals surface area contributed by atoms with Gasteiger partial charge in [-0.05, 0) is 52.1 Å². The average Bonchev–Trinajstić information content (AvgIpc) is 4.10. The minimum atomic E-state index is 0.522. The first kappa shape index (κ1) is 35.2. The van der Waals surface area contributed by atoms with Gasteiger partial charge in [-0.25, -0.2) is 4.85 Å². The summed E-state index contributed by atoms with van der Waals surface area (Å²) in [7, 11) is 0. The zero-order valence-electron chi connectivity index (χ0n) is 32.8. The summed E-state index contributed by atoms with van der Waals surface area (Å²) in [5.41, 5.74) is 8.89. The van der Waals surface area contributed by atoms with Crippen LogP contribution >= 0.6 is 34.0 Å². The van der Waals surface area contributed by atoms with Crippen LogP contribution < -0.4 is 0 Å². The molecule has 9 aromatic carbocycles. The molecule has 0 fully saturated rings. The Balaban J connectivity index is 1.33. The fourth-order valence-corrected chi connectivity index (χ4v) is 13.6. The highest BCUT2D eigenvalue weighted by Crippen LogP contribution is 2.56. The molecule has 0 bridgehead atoms. The second-order valence-corrected chi connectivity index (χ2v) is 18.8. The lowest BCUT2D eigenvalue weighted by Gasteiger charge is -2.25. The van der Waals surface area contributed by atoms with E-state index in [4.69, 9.17) is 0 Å². The topological polar surface area (TPSA) is 33.1 Å². The maximum Gasteiger partial charge on any atom is 0.205 e. The normalized spacial score (nSPS) is 11.8. The summed E-state index contributed by atoms with van der Waals surface area (Å²) >= 11 is 5.35. The first-order valence-electron chi connectivity index (χ1n) is 20.4. The molecule has 13 aromatic rings. The smallest absolute Gasteiger partial charge is 0.205 e. The van der Waals surface area contributed by atoms with Crippen LogP contribution in [0.1, 0.15) is 5.56 Å². The molecular formula is C56H29N3S3. The molecular weight excluding hydrogens is 811 g/mol. The Labute approximate surface area is 367 Å². The zero-order valence-corrected chi connectivity index (χ0v) is 35.3. The molecule has 0 spiro atoms. The van der Waals surface area contributed by atoms with Crippen LogP contribution in [0.2, 0.25) is 0 Å². The van der Waals surface area contributed by atoms with Crippen molar-refractivity contribution in [1.29, 1.82) is 5.26 Å². The van der Waals surface area contributed by atoms with E-state index in [1.165, 1.54) is 35.6 Å². The summed E-state index contributed by atoms with van der Waals surface area (Å²) in [5, 5.41) is 21.3. The fourth-order valence-electron chi connectivity index (χ4n) is 9.95. The summed E-state index contributed by atoms with van der Waals surface area (Å²) < 4.78 is 9.45. The van der Waals surface area contributed by atoms with E-state index >= 15 is 0 Å². The van der Waals surface area contributed by atoms with Crippen LogP contribution in [0.4, 0.5) is 5.69 Å². The van der Waals surface area contributed by atoms with Gasteiger partial charge >= 0.3 is 0 Å². The summed E-state index contributed by atoms with van der Waals surface area (Å²) in [6.07, 6.45) is 0. The van der Waals surface area contributed by atoms with E-state index in [1.807, 2.05) is 36.4 Å². The van der Waals surface area contributed by atoms with Gasteiger partial charge in [0.1, 0.15) is 6.07 Å². The summed E-state index contributed by atoms with van der Waals surface area (Å²) in [6, 6.07) is 64.7. The van der Waals surface area contributed by atoms with Gasteiger partial charge in [0.15, 0.2) is 0 Å². The van der Waals surface area contributed by atoms with Crippen LogP contribution in [0.25, 0.3) is 126 Å². The Kier molecular flexibility index (Phi) is 7.64. The minimum absolute atomic E-state index is 0.522. The average molecular weight is 840 g/mol. The number of thiophene rings is 3. The van der Waals surface area contributed by atoms with E-state index in [1.54, 1.807) is 34.0 Å². The number of aromatic nitrogens is 1. The standard InChI is InChI=1S/C56H29N3S3/c1-58-51-48(33-17-6-3-7-18-33)52(42(31-57)47(32-15-4-2-5-16-32)50(51)41-22-14-26-46-49(41)40-21-10-13-25-45(40)60-46)59-53-36(27-29-38-34-19-8-11-23-43(34)61-55(38)53)37-28-30-39-35-20-9-12-24-44(35)62-56(39)54(37)59/h2-30H. The molecule has 0 aliphatic heterocycles. The third-order valence-corrected chi connectivity index (χ3v) is 16.0. The van der Waals surface area contributed by atoms with Crippen molar-refractivity contribution in [2.75, 3.05) is 0 Å². The highest BCUT2D eigenvalue weighted by atomic mass is 32.1. The number of fused-ring (bicyclic) bond motifs is 14. The van der Waals surface area contributed by atoms with E-state index in [2.05, 4.69) is 155 Å². The predicted molar refractivity (Wildman–Crippen MR) is 267 cm³/mol. The zero-order chi connectivity index (χ0) is 41.1. The van der Waals surface area contributed by atoms with Crippen molar-refractivity contribution in [2.45, 2.75) is 0 Å².